The minimum absolute atomic E-state index is 0.0133. The third-order valence-corrected chi connectivity index (χ3v) is 15.5. The molecule has 2 aromatic carbocycles. The summed E-state index contributed by atoms with van der Waals surface area (Å²) in [7, 11) is 1.82. The lowest BCUT2D eigenvalue weighted by molar-refractivity contribution is -0.142. The van der Waals surface area contributed by atoms with E-state index in [4.69, 9.17) is 9.47 Å². The molecule has 0 bridgehead atoms. The van der Waals surface area contributed by atoms with Crippen molar-refractivity contribution < 1.29 is 37.1 Å². The molecule has 15 nitrogen and oxygen atoms in total. The summed E-state index contributed by atoms with van der Waals surface area (Å²) in [5.74, 6) is -1.86. The van der Waals surface area contributed by atoms with Gasteiger partial charge in [-0.15, -0.1) is 0 Å². The van der Waals surface area contributed by atoms with Crippen molar-refractivity contribution in [2.24, 2.45) is 17.8 Å². The van der Waals surface area contributed by atoms with Crippen LogP contribution in [0, 0.1) is 17.8 Å². The van der Waals surface area contributed by atoms with E-state index in [1.54, 1.807) is 25.3 Å². The number of nitrogens with zero attached hydrogens (tertiary/aromatic N) is 4. The molecule has 1 saturated heterocycles. The summed E-state index contributed by atoms with van der Waals surface area (Å²) in [4.78, 5) is 67.9. The molecule has 4 heterocycles. The second-order valence-electron chi connectivity index (χ2n) is 18.2. The molecule has 2 aliphatic carbocycles. The van der Waals surface area contributed by atoms with Gasteiger partial charge in [-0.25, -0.2) is 13.4 Å². The molecular formula is C45H57N7O8S. The first kappa shape index (κ1) is 42.3. The smallest absolute Gasteiger partial charge is 0.259 e. The highest BCUT2D eigenvalue weighted by Gasteiger charge is 2.63. The summed E-state index contributed by atoms with van der Waals surface area (Å²) in [5, 5.41) is 7.51. The number of aromatic nitrogens is 1. The van der Waals surface area contributed by atoms with Gasteiger partial charge >= 0.3 is 0 Å². The van der Waals surface area contributed by atoms with Crippen molar-refractivity contribution in [3.63, 3.8) is 0 Å². The van der Waals surface area contributed by atoms with Crippen LogP contribution in [0.5, 0.6) is 11.6 Å². The summed E-state index contributed by atoms with van der Waals surface area (Å²) < 4.78 is 40.6. The zero-order valence-corrected chi connectivity index (χ0v) is 36.6. The van der Waals surface area contributed by atoms with Crippen LogP contribution in [0.2, 0.25) is 0 Å². The molecule has 3 N–H and O–H groups in total. The van der Waals surface area contributed by atoms with Crippen molar-refractivity contribution in [1.82, 2.24) is 25.2 Å². The minimum atomic E-state index is -4.01. The van der Waals surface area contributed by atoms with Gasteiger partial charge in [-0.05, 0) is 99.7 Å². The van der Waals surface area contributed by atoms with Crippen LogP contribution in [0.25, 0.3) is 10.8 Å². The molecule has 3 aromatic rings. The van der Waals surface area contributed by atoms with Crippen LogP contribution in [-0.4, -0.2) is 111 Å². The van der Waals surface area contributed by atoms with E-state index in [9.17, 15) is 22.8 Å². The Labute approximate surface area is 357 Å². The van der Waals surface area contributed by atoms with Crippen LogP contribution in [0.4, 0.5) is 11.4 Å². The van der Waals surface area contributed by atoms with Crippen molar-refractivity contribution in [3.05, 3.63) is 66.4 Å². The number of nitrogens with one attached hydrogen (secondary N) is 3. The highest BCUT2D eigenvalue weighted by Crippen LogP contribution is 2.48. The SMILES string of the molecule is C[C@H]1CCC=C[C@@H]2C[C@@]2(C(=O)NS(=O)(=O)C2(C)CC2)NC(=O)[C@@H]2C[C@@H](Oc3nccc4c5c(ccc34)N(C)CCO5)CN2C(=O)[C@@H](NC(=O)c2ccc(N(C)C)cc2)[C@H](C)C1. The van der Waals surface area contributed by atoms with Crippen LogP contribution in [0.15, 0.2) is 60.8 Å². The maximum atomic E-state index is 15.1. The molecule has 0 radical (unpaired) electrons. The quantitative estimate of drug-likeness (QED) is 0.277. The lowest BCUT2D eigenvalue weighted by Gasteiger charge is -2.33. The monoisotopic (exact) mass is 855 g/mol. The largest absolute Gasteiger partial charge is 0.489 e. The Balaban J connectivity index is 1.13. The first-order valence-electron chi connectivity index (χ1n) is 21.4. The molecule has 326 valence electrons. The molecular weight excluding hydrogens is 799 g/mol. The van der Waals surface area contributed by atoms with E-state index >= 15 is 4.79 Å². The fourth-order valence-electron chi connectivity index (χ4n) is 9.03. The Morgan fingerprint density at radius 2 is 1.79 bits per heavy atom. The second-order valence-corrected chi connectivity index (χ2v) is 20.4. The highest BCUT2D eigenvalue weighted by molar-refractivity contribution is 7.91. The number of pyridine rings is 1. The summed E-state index contributed by atoms with van der Waals surface area (Å²) >= 11 is 0. The molecule has 8 rings (SSSR count). The average molecular weight is 856 g/mol. The van der Waals surface area contributed by atoms with Crippen molar-refractivity contribution in [1.29, 1.82) is 0 Å². The summed E-state index contributed by atoms with van der Waals surface area (Å²) in [6, 6.07) is 10.7. The van der Waals surface area contributed by atoms with Gasteiger partial charge in [-0.1, -0.05) is 26.0 Å². The maximum Gasteiger partial charge on any atom is 0.259 e. The number of hydrogen-bond acceptors (Lipinski definition) is 11. The fourth-order valence-corrected chi connectivity index (χ4v) is 10.3. The lowest BCUT2D eigenvalue weighted by Crippen LogP contribution is -2.59. The van der Waals surface area contributed by atoms with Crippen molar-refractivity contribution in [2.45, 2.75) is 94.2 Å². The topological polar surface area (TPSA) is 180 Å². The Bertz CT molecular complexity index is 2370. The fraction of sp³-hybridized carbons (Fsp3) is 0.533. The molecule has 4 amide bonds. The van der Waals surface area contributed by atoms with Gasteiger partial charge in [-0.2, -0.15) is 0 Å². The molecule has 3 fully saturated rings. The van der Waals surface area contributed by atoms with Crippen molar-refractivity contribution in [3.8, 4) is 11.6 Å². The first-order valence-corrected chi connectivity index (χ1v) is 22.8. The number of carbonyl (C=O) groups is 4. The first-order chi connectivity index (χ1) is 29.0. The van der Waals surface area contributed by atoms with Crippen LogP contribution < -0.4 is 34.6 Å². The number of likely N-dealkylation sites (N-methyl/N-ethyl adjacent to an activating group) is 1. The Morgan fingerprint density at radius 3 is 2.51 bits per heavy atom. The molecule has 0 spiro atoms. The third-order valence-electron chi connectivity index (χ3n) is 13.4. The standard InChI is InChI=1S/C45H57N7O8S/c1-27-9-7-8-10-30-25-45(30,43(56)49-61(57,58)44(3)18-19-44)48-40(54)36-24-32(60-41-34-15-16-35-38(33(34)17-20-46-41)59-22-21-51(35)6)26-52(36)42(55)37(28(2)23-27)47-39(53)29-11-13-31(14-12-29)50(4)5/h8,10-17,20,27-28,30,32,36-37H,7,9,18-19,21-26H2,1-6H3,(H,47,53)(H,48,54)(H,49,56)/t27-,28+,30+,32+,36-,37-,45+/m0/s1. The maximum absolute atomic E-state index is 15.1. The van der Waals surface area contributed by atoms with Gasteiger partial charge in [-0.3, -0.25) is 23.9 Å². The summed E-state index contributed by atoms with van der Waals surface area (Å²) in [6.07, 6.45) is 7.99. The molecule has 16 heteroatoms. The van der Waals surface area contributed by atoms with Crippen LogP contribution in [0.3, 0.4) is 0 Å². The van der Waals surface area contributed by atoms with Gasteiger partial charge < -0.3 is 34.8 Å². The third kappa shape index (κ3) is 8.22. The lowest BCUT2D eigenvalue weighted by atomic mass is 9.87. The van der Waals surface area contributed by atoms with E-state index in [1.165, 1.54) is 4.90 Å². The Hall–Kier alpha value is -5.38. The van der Waals surface area contributed by atoms with Crippen molar-refractivity contribution in [2.75, 3.05) is 50.6 Å². The number of carbonyl (C=O) groups excluding carboxylic acids is 4. The van der Waals surface area contributed by atoms with Crippen LogP contribution >= 0.6 is 0 Å². The van der Waals surface area contributed by atoms with Crippen LogP contribution in [0.1, 0.15) is 76.1 Å². The zero-order valence-electron chi connectivity index (χ0n) is 35.8. The Morgan fingerprint density at radius 1 is 1.03 bits per heavy atom. The number of anilines is 2. The number of fused-ring (bicyclic) bond motifs is 5. The summed E-state index contributed by atoms with van der Waals surface area (Å²) in [6.45, 7) is 6.91. The number of amides is 4. The van der Waals surface area contributed by atoms with Gasteiger partial charge in [0.15, 0.2) is 5.75 Å². The minimum Gasteiger partial charge on any atom is -0.489 e. The average Bonchev–Trinajstić information content (AvgIpc) is 4.11. The molecule has 7 atom stereocenters. The number of sulfonamides is 1. The van der Waals surface area contributed by atoms with E-state index in [0.717, 1.165) is 35.5 Å². The number of allylic oxidation sites excluding steroid dienone is 1. The van der Waals surface area contributed by atoms with Gasteiger partial charge in [0.2, 0.25) is 27.7 Å². The molecule has 1 aromatic heterocycles. The summed E-state index contributed by atoms with van der Waals surface area (Å²) in [5.41, 5.74) is 0.715. The van der Waals surface area contributed by atoms with E-state index in [2.05, 4.69) is 32.2 Å². The second kappa shape index (κ2) is 16.1. The van der Waals surface area contributed by atoms with E-state index in [-0.39, 0.29) is 31.2 Å². The highest BCUT2D eigenvalue weighted by atomic mass is 32.2. The molecule has 5 aliphatic rings. The van der Waals surface area contributed by atoms with Crippen molar-refractivity contribution >= 4 is 55.8 Å². The van der Waals surface area contributed by atoms with E-state index < -0.39 is 68.0 Å². The molecule has 3 aliphatic heterocycles. The van der Waals surface area contributed by atoms with Gasteiger partial charge in [0.1, 0.15) is 30.3 Å². The van der Waals surface area contributed by atoms with Gasteiger partial charge in [0.25, 0.3) is 11.8 Å². The zero-order chi connectivity index (χ0) is 43.4. The number of hydrogen-bond donors (Lipinski definition) is 3. The Kier molecular flexibility index (Phi) is 11.2. The molecule has 0 unspecified atom stereocenters. The normalized spacial score (nSPS) is 28.5. The number of rotatable bonds is 8. The van der Waals surface area contributed by atoms with E-state index in [0.29, 0.717) is 49.1 Å². The van der Waals surface area contributed by atoms with Gasteiger partial charge in [0, 0.05) is 61.7 Å². The number of ether oxygens (including phenoxy) is 2. The number of benzene rings is 2. The van der Waals surface area contributed by atoms with Crippen LogP contribution in [-0.2, 0) is 24.4 Å². The predicted octanol–water partition coefficient (Wildman–Crippen LogP) is 4.16. The predicted molar refractivity (Wildman–Crippen MR) is 232 cm³/mol. The molecule has 61 heavy (non-hydrogen) atoms. The molecule has 2 saturated carbocycles. The van der Waals surface area contributed by atoms with E-state index in [1.807, 2.05) is 75.5 Å². The van der Waals surface area contributed by atoms with Gasteiger partial charge in [0.05, 0.1) is 23.5 Å².